The Morgan fingerprint density at radius 3 is 2.79 bits per heavy atom. The van der Waals surface area contributed by atoms with E-state index in [1.54, 1.807) is 19.0 Å². The second kappa shape index (κ2) is 9.39. The van der Waals surface area contributed by atoms with Gasteiger partial charge in [-0.15, -0.1) is 0 Å². The summed E-state index contributed by atoms with van der Waals surface area (Å²) >= 11 is 0. The molecule has 0 bridgehead atoms. The fourth-order valence-electron chi connectivity index (χ4n) is 3.66. The Bertz CT molecular complexity index is 671. The third-order valence-electron chi connectivity index (χ3n) is 5.42. The van der Waals surface area contributed by atoms with Gasteiger partial charge in [-0.05, 0) is 25.3 Å². The van der Waals surface area contributed by atoms with Crippen LogP contribution >= 0.6 is 0 Å². The molecule has 7 heteroatoms. The summed E-state index contributed by atoms with van der Waals surface area (Å²) < 4.78 is 11.6. The minimum Gasteiger partial charge on any atom is -0.378 e. The Balaban J connectivity index is 1.68. The molecule has 1 amide bonds. The number of aliphatic imine (C=N–C) groups is 1. The van der Waals surface area contributed by atoms with E-state index in [1.807, 2.05) is 18.2 Å². The standard InChI is InChI=1S/C21H32N4O3/c1-16(17-7-5-4-6-8-17)23-20(22-14-19(26)25(2)3)24-18-9-11-28-21(13-18)10-12-27-15-21/h4-8,16,18H,9-15H2,1-3H3,(H2,22,23,24). The average Bonchev–Trinajstić information content (AvgIpc) is 3.13. The van der Waals surface area contributed by atoms with Crippen LogP contribution in [0.4, 0.5) is 0 Å². The van der Waals surface area contributed by atoms with Gasteiger partial charge in [0.15, 0.2) is 5.96 Å². The minimum absolute atomic E-state index is 0.0268. The number of nitrogens with zero attached hydrogens (tertiary/aromatic N) is 2. The zero-order valence-corrected chi connectivity index (χ0v) is 17.1. The van der Waals surface area contributed by atoms with Crippen molar-refractivity contribution < 1.29 is 14.3 Å². The van der Waals surface area contributed by atoms with Gasteiger partial charge in [-0.3, -0.25) is 4.79 Å². The Morgan fingerprint density at radius 2 is 2.11 bits per heavy atom. The van der Waals surface area contributed by atoms with Crippen LogP contribution in [0.2, 0.25) is 0 Å². The number of hydrogen-bond acceptors (Lipinski definition) is 4. The molecule has 154 valence electrons. The van der Waals surface area contributed by atoms with Crippen molar-refractivity contribution in [3.8, 4) is 0 Å². The van der Waals surface area contributed by atoms with Crippen LogP contribution < -0.4 is 10.6 Å². The molecule has 0 aliphatic carbocycles. The van der Waals surface area contributed by atoms with Gasteiger partial charge in [0, 0.05) is 39.8 Å². The number of nitrogens with one attached hydrogen (secondary N) is 2. The van der Waals surface area contributed by atoms with Crippen LogP contribution in [0.15, 0.2) is 35.3 Å². The van der Waals surface area contributed by atoms with E-state index in [1.165, 1.54) is 5.56 Å². The van der Waals surface area contributed by atoms with Crippen LogP contribution in [0.5, 0.6) is 0 Å². The Hall–Kier alpha value is -2.12. The van der Waals surface area contributed by atoms with E-state index in [9.17, 15) is 4.79 Å². The van der Waals surface area contributed by atoms with Gasteiger partial charge in [-0.2, -0.15) is 0 Å². The molecule has 3 atom stereocenters. The zero-order valence-electron chi connectivity index (χ0n) is 17.1. The molecule has 1 aromatic rings. The molecule has 2 fully saturated rings. The number of rotatable bonds is 5. The largest absolute Gasteiger partial charge is 0.378 e. The predicted molar refractivity (Wildman–Crippen MR) is 109 cm³/mol. The lowest BCUT2D eigenvalue weighted by Gasteiger charge is -2.38. The van der Waals surface area contributed by atoms with Gasteiger partial charge >= 0.3 is 0 Å². The molecule has 3 rings (SSSR count). The van der Waals surface area contributed by atoms with Gasteiger partial charge in [-0.25, -0.2) is 4.99 Å². The molecule has 0 aromatic heterocycles. The van der Waals surface area contributed by atoms with E-state index in [-0.39, 0.29) is 30.1 Å². The van der Waals surface area contributed by atoms with Crippen molar-refractivity contribution in [2.24, 2.45) is 4.99 Å². The predicted octanol–water partition coefficient (Wildman–Crippen LogP) is 1.71. The molecule has 1 aromatic carbocycles. The maximum atomic E-state index is 12.0. The number of carbonyl (C=O) groups is 1. The summed E-state index contributed by atoms with van der Waals surface area (Å²) in [5.74, 6) is 0.633. The second-order valence-corrected chi connectivity index (χ2v) is 7.90. The minimum atomic E-state index is -0.175. The lowest BCUT2D eigenvalue weighted by atomic mass is 9.90. The van der Waals surface area contributed by atoms with E-state index in [0.717, 1.165) is 25.9 Å². The first-order chi connectivity index (χ1) is 13.5. The molecular formula is C21H32N4O3. The number of carbonyl (C=O) groups excluding carboxylic acids is 1. The van der Waals surface area contributed by atoms with Gasteiger partial charge in [0.2, 0.25) is 5.91 Å². The number of ether oxygens (including phenoxy) is 2. The molecular weight excluding hydrogens is 356 g/mol. The number of benzene rings is 1. The van der Waals surface area contributed by atoms with Crippen LogP contribution in [0.3, 0.4) is 0 Å². The average molecular weight is 389 g/mol. The van der Waals surface area contributed by atoms with E-state index >= 15 is 0 Å². The summed E-state index contributed by atoms with van der Waals surface area (Å²) in [6.45, 7) is 4.33. The quantitative estimate of drug-likeness (QED) is 0.593. The normalized spacial score (nSPS) is 26.1. The van der Waals surface area contributed by atoms with Gasteiger partial charge in [0.1, 0.15) is 6.54 Å². The van der Waals surface area contributed by atoms with E-state index in [0.29, 0.717) is 19.2 Å². The van der Waals surface area contributed by atoms with Crippen molar-refractivity contribution in [1.82, 2.24) is 15.5 Å². The summed E-state index contributed by atoms with van der Waals surface area (Å²) in [6, 6.07) is 10.5. The number of guanidine groups is 1. The third kappa shape index (κ3) is 5.45. The van der Waals surface area contributed by atoms with Crippen LogP contribution in [0.25, 0.3) is 0 Å². The van der Waals surface area contributed by atoms with Gasteiger partial charge < -0.3 is 25.0 Å². The first-order valence-electron chi connectivity index (χ1n) is 10.0. The van der Waals surface area contributed by atoms with Gasteiger partial charge in [0.05, 0.1) is 18.2 Å². The monoisotopic (exact) mass is 388 g/mol. The lowest BCUT2D eigenvalue weighted by Crippen LogP contribution is -2.52. The molecule has 2 N–H and O–H groups in total. The lowest BCUT2D eigenvalue weighted by molar-refractivity contribution is -0.127. The molecule has 0 saturated carbocycles. The second-order valence-electron chi connectivity index (χ2n) is 7.90. The smallest absolute Gasteiger partial charge is 0.243 e. The van der Waals surface area contributed by atoms with Crippen LogP contribution in [-0.4, -0.2) is 68.9 Å². The van der Waals surface area contributed by atoms with Crippen molar-refractivity contribution >= 4 is 11.9 Å². The molecule has 2 saturated heterocycles. The van der Waals surface area contributed by atoms with Gasteiger partial charge in [0.25, 0.3) is 0 Å². The van der Waals surface area contributed by atoms with Gasteiger partial charge in [-0.1, -0.05) is 30.3 Å². The van der Waals surface area contributed by atoms with Crippen LogP contribution in [0, 0.1) is 0 Å². The molecule has 3 unspecified atom stereocenters. The van der Waals surface area contributed by atoms with Crippen LogP contribution in [-0.2, 0) is 14.3 Å². The highest BCUT2D eigenvalue weighted by molar-refractivity contribution is 5.85. The van der Waals surface area contributed by atoms with Crippen molar-refractivity contribution in [2.75, 3.05) is 40.5 Å². The first kappa shape index (κ1) is 20.6. The summed E-state index contributed by atoms with van der Waals surface area (Å²) in [5, 5.41) is 6.98. The van der Waals surface area contributed by atoms with Crippen molar-refractivity contribution in [3.05, 3.63) is 35.9 Å². The number of likely N-dealkylation sites (N-methyl/N-ethyl adjacent to an activating group) is 1. The molecule has 0 radical (unpaired) electrons. The summed E-state index contributed by atoms with van der Waals surface area (Å²) in [6.07, 6.45) is 2.73. The highest BCUT2D eigenvalue weighted by atomic mass is 16.6. The maximum Gasteiger partial charge on any atom is 0.243 e. The number of hydrogen-bond donors (Lipinski definition) is 2. The molecule has 28 heavy (non-hydrogen) atoms. The number of amides is 1. The van der Waals surface area contributed by atoms with Crippen molar-refractivity contribution in [2.45, 2.75) is 43.9 Å². The van der Waals surface area contributed by atoms with Crippen LogP contribution in [0.1, 0.15) is 37.8 Å². The Kier molecular flexibility index (Phi) is 6.91. The fraction of sp³-hybridized carbons (Fsp3) is 0.619. The Morgan fingerprint density at radius 1 is 1.32 bits per heavy atom. The topological polar surface area (TPSA) is 75.2 Å². The molecule has 2 aliphatic heterocycles. The summed E-state index contributed by atoms with van der Waals surface area (Å²) in [5.41, 5.74) is 0.995. The molecule has 7 nitrogen and oxygen atoms in total. The first-order valence-corrected chi connectivity index (χ1v) is 10.0. The molecule has 1 spiro atoms. The maximum absolute atomic E-state index is 12.0. The summed E-state index contributed by atoms with van der Waals surface area (Å²) in [4.78, 5) is 18.1. The third-order valence-corrected chi connectivity index (χ3v) is 5.42. The zero-order chi connectivity index (χ0) is 20.0. The Labute approximate surface area is 167 Å². The van der Waals surface area contributed by atoms with E-state index in [4.69, 9.17) is 9.47 Å². The van der Waals surface area contributed by atoms with E-state index in [2.05, 4.69) is 34.7 Å². The highest BCUT2D eigenvalue weighted by Crippen LogP contribution is 2.32. The fourth-order valence-corrected chi connectivity index (χ4v) is 3.66. The van der Waals surface area contributed by atoms with Crippen molar-refractivity contribution in [3.63, 3.8) is 0 Å². The summed E-state index contributed by atoms with van der Waals surface area (Å²) in [7, 11) is 3.49. The molecule has 2 heterocycles. The van der Waals surface area contributed by atoms with E-state index < -0.39 is 0 Å². The SMILES string of the molecule is CC(NC(=NCC(=O)N(C)C)NC1CCOC2(CCOC2)C1)c1ccccc1. The van der Waals surface area contributed by atoms with Crippen molar-refractivity contribution in [1.29, 1.82) is 0 Å². The highest BCUT2D eigenvalue weighted by Gasteiger charge is 2.41. The molecule has 2 aliphatic rings.